The van der Waals surface area contributed by atoms with Gasteiger partial charge < -0.3 is 10.5 Å². The molecule has 108 valence electrons. The lowest BCUT2D eigenvalue weighted by Gasteiger charge is -2.09. The molecule has 0 aliphatic heterocycles. The molecule has 1 heterocycles. The minimum Gasteiger partial charge on any atom is -0.487 e. The largest absolute Gasteiger partial charge is 0.487 e. The Bertz CT molecular complexity index is 787. The number of fused-ring (bicyclic) bond motifs is 1. The Balaban J connectivity index is 1.91. The molecule has 0 spiro atoms. The zero-order valence-electron chi connectivity index (χ0n) is 11.1. The molecule has 0 atom stereocenters. The van der Waals surface area contributed by atoms with E-state index in [0.717, 1.165) is 15.8 Å². The van der Waals surface area contributed by atoms with E-state index >= 15 is 0 Å². The number of hydrogen-bond donors (Lipinski definition) is 1. The first-order chi connectivity index (χ1) is 10.2. The number of thiophene rings is 1. The first-order valence-electron chi connectivity index (χ1n) is 6.46. The average Bonchev–Trinajstić information content (AvgIpc) is 2.84. The first-order valence-corrected chi connectivity index (χ1v) is 7.65. The fourth-order valence-electron chi connectivity index (χ4n) is 2.21. The highest BCUT2D eigenvalue weighted by atomic mass is 35.5. The highest BCUT2D eigenvalue weighted by molar-refractivity contribution is 7.19. The Morgan fingerprint density at radius 2 is 2.00 bits per heavy atom. The van der Waals surface area contributed by atoms with Gasteiger partial charge in [0.15, 0.2) is 0 Å². The molecule has 0 saturated carbocycles. The summed E-state index contributed by atoms with van der Waals surface area (Å²) in [6.45, 7) is 0.830. The second-order valence-electron chi connectivity index (χ2n) is 4.57. The van der Waals surface area contributed by atoms with Gasteiger partial charge in [-0.25, -0.2) is 4.39 Å². The van der Waals surface area contributed by atoms with Crippen molar-refractivity contribution in [3.05, 3.63) is 63.7 Å². The van der Waals surface area contributed by atoms with Gasteiger partial charge in [-0.05, 0) is 29.7 Å². The van der Waals surface area contributed by atoms with E-state index in [1.165, 1.54) is 22.9 Å². The van der Waals surface area contributed by atoms with Gasteiger partial charge in [-0.1, -0.05) is 29.8 Å². The summed E-state index contributed by atoms with van der Waals surface area (Å²) in [5.41, 5.74) is 6.88. The molecule has 21 heavy (non-hydrogen) atoms. The van der Waals surface area contributed by atoms with Crippen LogP contribution in [0.3, 0.4) is 0 Å². The number of rotatable bonds is 4. The van der Waals surface area contributed by atoms with Crippen molar-refractivity contribution in [3.63, 3.8) is 0 Å². The number of ether oxygens (including phenoxy) is 1. The van der Waals surface area contributed by atoms with Crippen LogP contribution in [-0.4, -0.2) is 0 Å². The van der Waals surface area contributed by atoms with Crippen molar-refractivity contribution in [2.45, 2.75) is 13.2 Å². The van der Waals surface area contributed by atoms with Gasteiger partial charge in [0.2, 0.25) is 0 Å². The van der Waals surface area contributed by atoms with Gasteiger partial charge in [0.1, 0.15) is 18.2 Å². The van der Waals surface area contributed by atoms with Gasteiger partial charge in [0.05, 0.1) is 5.02 Å². The quantitative estimate of drug-likeness (QED) is 0.754. The third-order valence-electron chi connectivity index (χ3n) is 3.23. The van der Waals surface area contributed by atoms with Gasteiger partial charge in [-0.15, -0.1) is 11.3 Å². The molecule has 5 heteroatoms. The molecular formula is C16H13ClFNOS. The number of hydrogen-bond acceptors (Lipinski definition) is 3. The number of halogens is 2. The van der Waals surface area contributed by atoms with E-state index < -0.39 is 0 Å². The lowest BCUT2D eigenvalue weighted by atomic mass is 10.1. The summed E-state index contributed by atoms with van der Waals surface area (Å²) in [6.07, 6.45) is 0. The Kier molecular flexibility index (Phi) is 4.10. The normalized spacial score (nSPS) is 11.0. The second kappa shape index (κ2) is 6.02. The lowest BCUT2D eigenvalue weighted by Crippen LogP contribution is -2.02. The van der Waals surface area contributed by atoms with Crippen molar-refractivity contribution >= 4 is 33.0 Å². The van der Waals surface area contributed by atoms with Gasteiger partial charge in [0.25, 0.3) is 0 Å². The van der Waals surface area contributed by atoms with Crippen molar-refractivity contribution in [1.29, 1.82) is 0 Å². The summed E-state index contributed by atoms with van der Waals surface area (Å²) in [4.78, 5) is 1.09. The van der Waals surface area contributed by atoms with Crippen molar-refractivity contribution in [2.75, 3.05) is 0 Å². The molecule has 2 N–H and O–H groups in total. The van der Waals surface area contributed by atoms with Gasteiger partial charge >= 0.3 is 0 Å². The van der Waals surface area contributed by atoms with Crippen LogP contribution in [0.25, 0.3) is 10.1 Å². The van der Waals surface area contributed by atoms with Crippen LogP contribution in [0.15, 0.2) is 42.5 Å². The van der Waals surface area contributed by atoms with Crippen molar-refractivity contribution in [1.82, 2.24) is 0 Å². The Hall–Kier alpha value is -1.62. The van der Waals surface area contributed by atoms with E-state index in [2.05, 4.69) is 12.1 Å². The summed E-state index contributed by atoms with van der Waals surface area (Å²) >= 11 is 7.64. The second-order valence-corrected chi connectivity index (χ2v) is 6.11. The monoisotopic (exact) mass is 321 g/mol. The van der Waals surface area contributed by atoms with Gasteiger partial charge in [-0.3, -0.25) is 0 Å². The van der Waals surface area contributed by atoms with Crippen LogP contribution in [0.4, 0.5) is 4.39 Å². The van der Waals surface area contributed by atoms with E-state index in [9.17, 15) is 4.39 Å². The molecule has 3 rings (SSSR count). The summed E-state index contributed by atoms with van der Waals surface area (Å²) in [7, 11) is 0. The molecule has 3 aromatic rings. The molecule has 0 saturated heterocycles. The standard InChI is InChI=1S/C16H13ClFNOS/c17-13-7-10(18)5-6-14(13)20-9-12-11-3-1-2-4-15(11)21-16(12)8-19/h1-7H,8-9,19H2. The average molecular weight is 322 g/mol. The number of nitrogens with two attached hydrogens (primary N) is 1. The predicted octanol–water partition coefficient (Wildman–Crippen LogP) is 4.73. The van der Waals surface area contributed by atoms with Crippen molar-refractivity contribution in [3.8, 4) is 5.75 Å². The van der Waals surface area contributed by atoms with E-state index in [4.69, 9.17) is 22.1 Å². The summed E-state index contributed by atoms with van der Waals surface area (Å²) in [5.74, 6) is 0.0901. The maximum atomic E-state index is 13.0. The van der Waals surface area contributed by atoms with Crippen LogP contribution < -0.4 is 10.5 Å². The molecule has 0 fully saturated rings. The summed E-state index contributed by atoms with van der Waals surface area (Å²) < 4.78 is 20.0. The minimum absolute atomic E-state index is 0.267. The Labute approximate surface area is 130 Å². The van der Waals surface area contributed by atoms with Crippen LogP contribution in [0.5, 0.6) is 5.75 Å². The van der Waals surface area contributed by atoms with E-state index in [1.807, 2.05) is 12.1 Å². The van der Waals surface area contributed by atoms with Crippen LogP contribution in [-0.2, 0) is 13.2 Å². The van der Waals surface area contributed by atoms with E-state index in [-0.39, 0.29) is 10.8 Å². The molecular weight excluding hydrogens is 309 g/mol. The highest BCUT2D eigenvalue weighted by Crippen LogP contribution is 2.33. The molecule has 0 radical (unpaired) electrons. The predicted molar refractivity (Wildman–Crippen MR) is 85.5 cm³/mol. The Morgan fingerprint density at radius 1 is 1.19 bits per heavy atom. The molecule has 0 aliphatic carbocycles. The van der Waals surface area contributed by atoms with Crippen LogP contribution in [0, 0.1) is 5.82 Å². The van der Waals surface area contributed by atoms with E-state index in [1.54, 1.807) is 11.3 Å². The molecule has 2 aromatic carbocycles. The van der Waals surface area contributed by atoms with Crippen LogP contribution >= 0.6 is 22.9 Å². The molecule has 2 nitrogen and oxygen atoms in total. The smallest absolute Gasteiger partial charge is 0.138 e. The third kappa shape index (κ3) is 2.88. The fraction of sp³-hybridized carbons (Fsp3) is 0.125. The zero-order chi connectivity index (χ0) is 14.8. The lowest BCUT2D eigenvalue weighted by molar-refractivity contribution is 0.307. The molecule has 0 amide bonds. The maximum Gasteiger partial charge on any atom is 0.138 e. The van der Waals surface area contributed by atoms with Crippen molar-refractivity contribution in [2.24, 2.45) is 5.73 Å². The summed E-state index contributed by atoms with van der Waals surface area (Å²) in [5, 5.41) is 1.41. The van der Waals surface area contributed by atoms with Crippen molar-refractivity contribution < 1.29 is 9.13 Å². The highest BCUT2D eigenvalue weighted by Gasteiger charge is 2.12. The Morgan fingerprint density at radius 3 is 2.76 bits per heavy atom. The van der Waals surface area contributed by atoms with Gasteiger partial charge in [-0.2, -0.15) is 0 Å². The molecule has 0 aliphatic rings. The third-order valence-corrected chi connectivity index (χ3v) is 4.76. The summed E-state index contributed by atoms with van der Waals surface area (Å²) in [6, 6.07) is 12.2. The number of benzene rings is 2. The topological polar surface area (TPSA) is 35.2 Å². The fourth-order valence-corrected chi connectivity index (χ4v) is 3.53. The molecule has 0 bridgehead atoms. The SMILES string of the molecule is NCc1sc2ccccc2c1COc1ccc(F)cc1Cl. The first kappa shape index (κ1) is 14.3. The zero-order valence-corrected chi connectivity index (χ0v) is 12.7. The molecule has 1 aromatic heterocycles. The van der Waals surface area contributed by atoms with Crippen LogP contribution in [0.1, 0.15) is 10.4 Å². The van der Waals surface area contributed by atoms with Gasteiger partial charge in [0, 0.05) is 21.7 Å². The van der Waals surface area contributed by atoms with Crippen LogP contribution in [0.2, 0.25) is 5.02 Å². The minimum atomic E-state index is -0.379. The maximum absolute atomic E-state index is 13.0. The van der Waals surface area contributed by atoms with E-state index in [0.29, 0.717) is 18.9 Å². The molecule has 0 unspecified atom stereocenters.